The largest absolute Gasteiger partial charge is 0.505 e. The van der Waals surface area contributed by atoms with Crippen LogP contribution in [0.3, 0.4) is 0 Å². The van der Waals surface area contributed by atoms with E-state index in [-0.39, 0.29) is 11.4 Å². The zero-order chi connectivity index (χ0) is 17.6. The third kappa shape index (κ3) is 3.85. The summed E-state index contributed by atoms with van der Waals surface area (Å²) in [5, 5.41) is 11.6. The number of carbonyl (C=O) groups excluding carboxylic acids is 1. The van der Waals surface area contributed by atoms with E-state index < -0.39 is 5.97 Å². The lowest BCUT2D eigenvalue weighted by Crippen LogP contribution is -2.08. The number of nitrogens with zero attached hydrogens (tertiary/aromatic N) is 2. The molecule has 1 N–H and O–H groups in total. The van der Waals surface area contributed by atoms with Gasteiger partial charge in [0.1, 0.15) is 11.5 Å². The van der Waals surface area contributed by atoms with Crippen LogP contribution in [0, 0.1) is 0 Å². The molecule has 2 heterocycles. The van der Waals surface area contributed by atoms with E-state index in [0.29, 0.717) is 28.9 Å². The number of pyridine rings is 2. The van der Waals surface area contributed by atoms with Crippen molar-refractivity contribution in [2.24, 2.45) is 0 Å². The van der Waals surface area contributed by atoms with Crippen LogP contribution in [0.4, 0.5) is 0 Å². The van der Waals surface area contributed by atoms with Crippen LogP contribution in [0.5, 0.6) is 17.2 Å². The lowest BCUT2D eigenvalue weighted by molar-refractivity contribution is 0.0489. The molecule has 1 aromatic carbocycles. The third-order valence-corrected chi connectivity index (χ3v) is 3.63. The van der Waals surface area contributed by atoms with Crippen molar-refractivity contribution in [3.8, 4) is 17.2 Å². The van der Waals surface area contributed by atoms with Gasteiger partial charge in [-0.25, -0.2) is 9.78 Å². The van der Waals surface area contributed by atoms with Gasteiger partial charge in [-0.1, -0.05) is 13.3 Å². The van der Waals surface area contributed by atoms with Crippen LogP contribution >= 0.6 is 0 Å². The fourth-order valence-corrected chi connectivity index (χ4v) is 2.31. The van der Waals surface area contributed by atoms with Crippen molar-refractivity contribution in [1.82, 2.24) is 9.97 Å². The molecule has 0 aliphatic rings. The van der Waals surface area contributed by atoms with Crippen LogP contribution in [0.1, 0.15) is 30.3 Å². The number of aromatic hydroxyl groups is 1. The number of benzene rings is 1. The Labute approximate surface area is 145 Å². The van der Waals surface area contributed by atoms with Gasteiger partial charge in [-0.05, 0) is 36.8 Å². The quantitative estimate of drug-likeness (QED) is 0.538. The van der Waals surface area contributed by atoms with Crippen LogP contribution in [0.2, 0.25) is 0 Å². The van der Waals surface area contributed by atoms with Crippen molar-refractivity contribution < 1.29 is 19.4 Å². The van der Waals surface area contributed by atoms with Gasteiger partial charge in [-0.3, -0.25) is 4.98 Å². The summed E-state index contributed by atoms with van der Waals surface area (Å²) in [4.78, 5) is 20.1. The minimum Gasteiger partial charge on any atom is -0.505 e. The molecule has 0 unspecified atom stereocenters. The Balaban J connectivity index is 1.89. The molecule has 128 valence electrons. The summed E-state index contributed by atoms with van der Waals surface area (Å²) >= 11 is 0. The SMILES string of the molecule is CCCCOC(=O)c1ncc2ccc(Oc3cccnc3)cc2c1O. The molecule has 0 bridgehead atoms. The number of rotatable bonds is 6. The highest BCUT2D eigenvalue weighted by molar-refractivity contribution is 5.99. The maximum Gasteiger partial charge on any atom is 0.360 e. The first-order chi connectivity index (χ1) is 12.2. The van der Waals surface area contributed by atoms with Crippen LogP contribution in [-0.4, -0.2) is 27.7 Å². The van der Waals surface area contributed by atoms with Gasteiger partial charge in [-0.15, -0.1) is 0 Å². The Bertz CT molecular complexity index is 881. The lowest BCUT2D eigenvalue weighted by Gasteiger charge is -2.09. The van der Waals surface area contributed by atoms with E-state index in [9.17, 15) is 9.90 Å². The average molecular weight is 338 g/mol. The Morgan fingerprint density at radius 2 is 2.08 bits per heavy atom. The molecule has 3 aromatic rings. The molecule has 0 aliphatic heterocycles. The van der Waals surface area contributed by atoms with Crippen molar-refractivity contribution in [2.45, 2.75) is 19.8 Å². The molecular formula is C19H18N2O4. The van der Waals surface area contributed by atoms with E-state index in [4.69, 9.17) is 9.47 Å². The number of aromatic nitrogens is 2. The average Bonchev–Trinajstić information content (AvgIpc) is 2.63. The van der Waals surface area contributed by atoms with E-state index in [1.165, 1.54) is 6.20 Å². The summed E-state index contributed by atoms with van der Waals surface area (Å²) in [6.07, 6.45) is 6.45. The monoisotopic (exact) mass is 338 g/mol. The highest BCUT2D eigenvalue weighted by Crippen LogP contribution is 2.32. The summed E-state index contributed by atoms with van der Waals surface area (Å²) in [7, 11) is 0. The van der Waals surface area contributed by atoms with Gasteiger partial charge >= 0.3 is 5.97 Å². The number of hydrogen-bond donors (Lipinski definition) is 1. The van der Waals surface area contributed by atoms with Crippen LogP contribution < -0.4 is 4.74 Å². The summed E-state index contributed by atoms with van der Waals surface area (Å²) in [5.41, 5.74) is -0.0952. The van der Waals surface area contributed by atoms with E-state index in [1.807, 2.05) is 6.92 Å². The third-order valence-electron chi connectivity index (χ3n) is 3.63. The summed E-state index contributed by atoms with van der Waals surface area (Å²) < 4.78 is 10.8. The second-order valence-electron chi connectivity index (χ2n) is 5.48. The zero-order valence-electron chi connectivity index (χ0n) is 13.8. The predicted octanol–water partition coefficient (Wildman–Crippen LogP) is 4.08. The van der Waals surface area contributed by atoms with Gasteiger partial charge in [0, 0.05) is 23.2 Å². The van der Waals surface area contributed by atoms with Gasteiger partial charge in [0.25, 0.3) is 0 Å². The maximum absolute atomic E-state index is 12.1. The van der Waals surface area contributed by atoms with E-state index in [0.717, 1.165) is 12.8 Å². The fraction of sp³-hybridized carbons (Fsp3) is 0.211. The number of ether oxygens (including phenoxy) is 2. The van der Waals surface area contributed by atoms with Crippen LogP contribution in [0.25, 0.3) is 10.8 Å². The Hall–Kier alpha value is -3.15. The first kappa shape index (κ1) is 16.7. The van der Waals surface area contributed by atoms with Gasteiger partial charge in [0.2, 0.25) is 0 Å². The first-order valence-corrected chi connectivity index (χ1v) is 8.05. The van der Waals surface area contributed by atoms with Crippen molar-refractivity contribution in [1.29, 1.82) is 0 Å². The second-order valence-corrected chi connectivity index (χ2v) is 5.48. The summed E-state index contributed by atoms with van der Waals surface area (Å²) in [6.45, 7) is 2.31. The Morgan fingerprint density at radius 3 is 2.84 bits per heavy atom. The highest BCUT2D eigenvalue weighted by Gasteiger charge is 2.17. The van der Waals surface area contributed by atoms with Gasteiger partial charge < -0.3 is 14.6 Å². The molecule has 3 rings (SSSR count). The summed E-state index contributed by atoms with van der Waals surface area (Å²) in [5.74, 6) is 0.254. The number of hydrogen-bond acceptors (Lipinski definition) is 6. The molecule has 0 atom stereocenters. The Morgan fingerprint density at radius 1 is 1.20 bits per heavy atom. The smallest absolute Gasteiger partial charge is 0.360 e. The number of fused-ring (bicyclic) bond motifs is 1. The van der Waals surface area contributed by atoms with E-state index >= 15 is 0 Å². The minimum absolute atomic E-state index is 0.0952. The van der Waals surface area contributed by atoms with Crippen molar-refractivity contribution in [2.75, 3.05) is 6.61 Å². The lowest BCUT2D eigenvalue weighted by atomic mass is 10.1. The van der Waals surface area contributed by atoms with Crippen LogP contribution in [0.15, 0.2) is 48.9 Å². The first-order valence-electron chi connectivity index (χ1n) is 8.05. The molecule has 0 fully saturated rings. The van der Waals surface area contributed by atoms with Crippen LogP contribution in [-0.2, 0) is 4.74 Å². The highest BCUT2D eigenvalue weighted by atomic mass is 16.5. The normalized spacial score (nSPS) is 10.6. The maximum atomic E-state index is 12.1. The number of carbonyl (C=O) groups is 1. The van der Waals surface area contributed by atoms with Gasteiger partial charge in [-0.2, -0.15) is 0 Å². The number of unbranched alkanes of at least 4 members (excludes halogenated alkanes) is 1. The topological polar surface area (TPSA) is 81.5 Å². The second kappa shape index (κ2) is 7.61. The molecule has 0 aliphatic carbocycles. The zero-order valence-corrected chi connectivity index (χ0v) is 13.8. The van der Waals surface area contributed by atoms with Gasteiger partial charge in [0.15, 0.2) is 11.4 Å². The molecule has 2 aromatic heterocycles. The Kier molecular flexibility index (Phi) is 5.09. The molecule has 6 nitrogen and oxygen atoms in total. The summed E-state index contributed by atoms with van der Waals surface area (Å²) in [6, 6.07) is 8.72. The molecule has 6 heteroatoms. The standard InChI is InChI=1S/C19H18N2O4/c1-2-3-9-24-19(23)17-18(22)16-10-14(7-6-13(16)11-21-17)25-15-5-4-8-20-12-15/h4-8,10-12,22H,2-3,9H2,1H3. The number of esters is 1. The van der Waals surface area contributed by atoms with E-state index in [2.05, 4.69) is 9.97 Å². The predicted molar refractivity (Wildman–Crippen MR) is 92.9 cm³/mol. The molecule has 0 radical (unpaired) electrons. The molecule has 0 spiro atoms. The molecule has 0 saturated carbocycles. The van der Waals surface area contributed by atoms with E-state index in [1.54, 1.807) is 42.7 Å². The molecule has 0 amide bonds. The molecule has 25 heavy (non-hydrogen) atoms. The van der Waals surface area contributed by atoms with Crippen molar-refractivity contribution >= 4 is 16.7 Å². The van der Waals surface area contributed by atoms with Crippen molar-refractivity contribution in [3.63, 3.8) is 0 Å². The molecular weight excluding hydrogens is 320 g/mol. The fourth-order valence-electron chi connectivity index (χ4n) is 2.31. The minimum atomic E-state index is -0.633. The molecule has 0 saturated heterocycles. The van der Waals surface area contributed by atoms with Gasteiger partial charge in [0.05, 0.1) is 12.8 Å². The van der Waals surface area contributed by atoms with Crippen molar-refractivity contribution in [3.05, 3.63) is 54.6 Å².